The Hall–Kier alpha value is -2.64. The van der Waals surface area contributed by atoms with Crippen LogP contribution in [0.1, 0.15) is 0 Å². The van der Waals surface area contributed by atoms with Crippen molar-refractivity contribution < 1.29 is 19.2 Å². The van der Waals surface area contributed by atoms with Crippen LogP contribution < -0.4 is 5.32 Å². The molecule has 1 aliphatic rings. The van der Waals surface area contributed by atoms with Gasteiger partial charge in [-0.25, -0.2) is 9.69 Å². The van der Waals surface area contributed by atoms with E-state index in [1.807, 2.05) is 0 Å². The maximum Gasteiger partial charge on any atom is 0.416 e. The molecule has 1 N–H and O–H groups in total. The summed E-state index contributed by atoms with van der Waals surface area (Å²) < 4.78 is 4.64. The van der Waals surface area contributed by atoms with E-state index < -0.39 is 16.9 Å². The van der Waals surface area contributed by atoms with Gasteiger partial charge in [0, 0.05) is 17.8 Å². The third-order valence-corrected chi connectivity index (χ3v) is 2.56. The number of benzene rings is 1. The van der Waals surface area contributed by atoms with Gasteiger partial charge in [0.2, 0.25) is 0 Å². The number of anilines is 1. The maximum absolute atomic E-state index is 11.7. The van der Waals surface area contributed by atoms with E-state index in [1.54, 1.807) is 6.07 Å². The lowest BCUT2D eigenvalue weighted by Gasteiger charge is -2.11. The second kappa shape index (κ2) is 5.34. The third kappa shape index (κ3) is 2.97. The Morgan fingerprint density at radius 1 is 1.53 bits per heavy atom. The molecule has 1 saturated heterocycles. The first-order valence-electron chi connectivity index (χ1n) is 5.53. The Morgan fingerprint density at radius 2 is 2.32 bits per heavy atom. The van der Waals surface area contributed by atoms with Crippen LogP contribution in [0.3, 0.4) is 0 Å². The number of rotatable bonds is 4. The van der Waals surface area contributed by atoms with Crippen molar-refractivity contribution in [1.29, 1.82) is 0 Å². The van der Waals surface area contributed by atoms with Gasteiger partial charge in [-0.1, -0.05) is 6.07 Å². The van der Waals surface area contributed by atoms with Crippen LogP contribution in [0.5, 0.6) is 0 Å². The lowest BCUT2D eigenvalue weighted by molar-refractivity contribution is -0.384. The van der Waals surface area contributed by atoms with Crippen molar-refractivity contribution in [3.8, 4) is 0 Å². The number of cyclic esters (lactones) is 1. The normalized spacial score (nSPS) is 14.1. The van der Waals surface area contributed by atoms with E-state index in [2.05, 4.69) is 10.1 Å². The highest BCUT2D eigenvalue weighted by atomic mass is 16.6. The quantitative estimate of drug-likeness (QED) is 0.643. The van der Waals surface area contributed by atoms with Crippen LogP contribution in [-0.2, 0) is 9.53 Å². The topological polar surface area (TPSA) is 102 Å². The van der Waals surface area contributed by atoms with Gasteiger partial charge >= 0.3 is 6.09 Å². The zero-order chi connectivity index (χ0) is 13.8. The molecule has 0 bridgehead atoms. The van der Waals surface area contributed by atoms with Crippen LogP contribution in [0.2, 0.25) is 0 Å². The van der Waals surface area contributed by atoms with Crippen molar-refractivity contribution in [3.63, 3.8) is 0 Å². The number of nitrogens with zero attached hydrogens (tertiary/aromatic N) is 2. The van der Waals surface area contributed by atoms with Crippen LogP contribution in [0.15, 0.2) is 24.3 Å². The summed E-state index contributed by atoms with van der Waals surface area (Å²) in [6, 6.07) is 5.78. The van der Waals surface area contributed by atoms with Gasteiger partial charge in [-0.05, 0) is 6.07 Å². The zero-order valence-corrected chi connectivity index (χ0v) is 9.87. The average molecular weight is 265 g/mol. The molecule has 0 atom stereocenters. The Bertz CT molecular complexity index is 531. The molecule has 0 aliphatic carbocycles. The van der Waals surface area contributed by atoms with Gasteiger partial charge in [0.25, 0.3) is 11.6 Å². The minimum absolute atomic E-state index is 0.0713. The minimum Gasteiger partial charge on any atom is -0.447 e. The van der Waals surface area contributed by atoms with E-state index >= 15 is 0 Å². The average Bonchev–Trinajstić information content (AvgIpc) is 2.82. The number of non-ortho nitro benzene ring substituents is 1. The van der Waals surface area contributed by atoms with Gasteiger partial charge in [-0.2, -0.15) is 0 Å². The minimum atomic E-state index is -0.661. The number of hydrogen-bond acceptors (Lipinski definition) is 6. The highest BCUT2D eigenvalue weighted by molar-refractivity contribution is 5.95. The summed E-state index contributed by atoms with van der Waals surface area (Å²) in [7, 11) is 0. The van der Waals surface area contributed by atoms with E-state index in [9.17, 15) is 19.7 Å². The number of imide groups is 1. The Morgan fingerprint density at radius 3 is 2.95 bits per heavy atom. The van der Waals surface area contributed by atoms with E-state index in [0.29, 0.717) is 5.69 Å². The smallest absolute Gasteiger partial charge is 0.416 e. The van der Waals surface area contributed by atoms with Gasteiger partial charge in [-0.15, -0.1) is 0 Å². The molecule has 100 valence electrons. The molecule has 1 heterocycles. The van der Waals surface area contributed by atoms with Crippen LogP contribution >= 0.6 is 0 Å². The predicted molar refractivity (Wildman–Crippen MR) is 64.6 cm³/mol. The van der Waals surface area contributed by atoms with Crippen molar-refractivity contribution in [3.05, 3.63) is 34.4 Å². The van der Waals surface area contributed by atoms with Gasteiger partial charge in [0.1, 0.15) is 6.61 Å². The van der Waals surface area contributed by atoms with Crippen molar-refractivity contribution in [2.75, 3.05) is 25.0 Å². The Kier molecular flexibility index (Phi) is 3.60. The second-order valence-electron chi connectivity index (χ2n) is 3.82. The number of hydrogen-bond donors (Lipinski definition) is 1. The number of carbonyl (C=O) groups is 2. The van der Waals surface area contributed by atoms with Crippen LogP contribution in [-0.4, -0.2) is 41.5 Å². The first-order chi connectivity index (χ1) is 9.08. The number of ether oxygens (including phenoxy) is 1. The number of nitrogens with one attached hydrogen (secondary N) is 1. The number of carbonyl (C=O) groups excluding carboxylic acids is 2. The van der Waals surface area contributed by atoms with Crippen molar-refractivity contribution in [2.24, 2.45) is 0 Å². The van der Waals surface area contributed by atoms with Crippen LogP contribution in [0, 0.1) is 10.1 Å². The molecule has 0 unspecified atom stereocenters. The Balaban J connectivity index is 1.95. The first kappa shape index (κ1) is 12.8. The summed E-state index contributed by atoms with van der Waals surface area (Å²) in [5.74, 6) is -0.436. The number of nitro benzene ring substituents is 1. The second-order valence-corrected chi connectivity index (χ2v) is 3.82. The molecular weight excluding hydrogens is 254 g/mol. The van der Waals surface area contributed by atoms with E-state index in [0.717, 1.165) is 4.90 Å². The molecule has 19 heavy (non-hydrogen) atoms. The molecule has 1 aliphatic heterocycles. The SMILES string of the molecule is O=C(CNc1cccc([N+](=O)[O-])c1)N1CCOC1=O. The molecule has 1 fully saturated rings. The Labute approximate surface area is 108 Å². The molecule has 2 amide bonds. The monoisotopic (exact) mass is 265 g/mol. The molecule has 0 aromatic heterocycles. The summed E-state index contributed by atoms with van der Waals surface area (Å²) >= 11 is 0. The number of amides is 2. The van der Waals surface area contributed by atoms with Crippen molar-refractivity contribution >= 4 is 23.4 Å². The maximum atomic E-state index is 11.7. The molecule has 8 nitrogen and oxygen atoms in total. The standard InChI is InChI=1S/C11H11N3O5/c15-10(13-4-5-19-11(13)16)7-12-8-2-1-3-9(6-8)14(17)18/h1-3,6,12H,4-5,7H2. The molecular formula is C11H11N3O5. The van der Waals surface area contributed by atoms with E-state index in [4.69, 9.17) is 0 Å². The van der Waals surface area contributed by atoms with Gasteiger partial charge in [0.15, 0.2) is 0 Å². The van der Waals surface area contributed by atoms with E-state index in [-0.39, 0.29) is 25.4 Å². The summed E-state index contributed by atoms with van der Waals surface area (Å²) in [6.07, 6.45) is -0.661. The summed E-state index contributed by atoms with van der Waals surface area (Å²) in [5.41, 5.74) is 0.369. The highest BCUT2D eigenvalue weighted by Crippen LogP contribution is 2.16. The van der Waals surface area contributed by atoms with Crippen molar-refractivity contribution in [1.82, 2.24) is 4.90 Å². The first-order valence-corrected chi connectivity index (χ1v) is 5.53. The lowest BCUT2D eigenvalue weighted by Crippen LogP contribution is -2.36. The van der Waals surface area contributed by atoms with Gasteiger partial charge in [-0.3, -0.25) is 14.9 Å². The molecule has 0 radical (unpaired) electrons. The molecule has 8 heteroatoms. The predicted octanol–water partition coefficient (Wildman–Crippen LogP) is 0.985. The fourth-order valence-corrected chi connectivity index (χ4v) is 1.62. The summed E-state index contributed by atoms with van der Waals surface area (Å²) in [4.78, 5) is 33.9. The largest absolute Gasteiger partial charge is 0.447 e. The highest BCUT2D eigenvalue weighted by Gasteiger charge is 2.27. The van der Waals surface area contributed by atoms with Gasteiger partial charge < -0.3 is 10.1 Å². The lowest BCUT2D eigenvalue weighted by atomic mass is 10.3. The molecule has 2 rings (SSSR count). The zero-order valence-electron chi connectivity index (χ0n) is 9.87. The summed E-state index contributed by atoms with van der Waals surface area (Å²) in [5, 5.41) is 13.3. The van der Waals surface area contributed by atoms with Crippen molar-refractivity contribution in [2.45, 2.75) is 0 Å². The molecule has 0 spiro atoms. The molecule has 1 aromatic carbocycles. The van der Waals surface area contributed by atoms with Gasteiger partial charge in [0.05, 0.1) is 18.0 Å². The van der Waals surface area contributed by atoms with Crippen LogP contribution in [0.4, 0.5) is 16.2 Å². The fourth-order valence-electron chi connectivity index (χ4n) is 1.62. The summed E-state index contributed by atoms with van der Waals surface area (Å²) in [6.45, 7) is 0.298. The van der Waals surface area contributed by atoms with Crippen LogP contribution in [0.25, 0.3) is 0 Å². The van der Waals surface area contributed by atoms with E-state index in [1.165, 1.54) is 18.2 Å². The molecule has 1 aromatic rings. The molecule has 0 saturated carbocycles. The third-order valence-electron chi connectivity index (χ3n) is 2.56. The number of nitro groups is 1. The fraction of sp³-hybridized carbons (Fsp3) is 0.273.